The van der Waals surface area contributed by atoms with Crippen molar-refractivity contribution in [3.8, 4) is 23.2 Å². The Morgan fingerprint density at radius 3 is 2.52 bits per heavy atom. The van der Waals surface area contributed by atoms with E-state index >= 15 is 4.39 Å². The van der Waals surface area contributed by atoms with Crippen LogP contribution < -0.4 is 15.4 Å². The molecule has 0 spiro atoms. The van der Waals surface area contributed by atoms with Crippen molar-refractivity contribution in [2.75, 3.05) is 43.9 Å². The summed E-state index contributed by atoms with van der Waals surface area (Å²) in [7, 11) is 1.27. The van der Waals surface area contributed by atoms with Crippen molar-refractivity contribution in [2.24, 2.45) is 0 Å². The Morgan fingerprint density at radius 1 is 1.13 bits per heavy atom. The van der Waals surface area contributed by atoms with E-state index in [9.17, 15) is 27.2 Å². The Kier molecular flexibility index (Phi) is 7.64. The third-order valence-electron chi connectivity index (χ3n) is 9.10. The topological polar surface area (TPSA) is 101 Å². The number of alkyl halides is 4. The van der Waals surface area contributed by atoms with Crippen LogP contribution in [0.5, 0.6) is 6.01 Å². The second-order valence-electron chi connectivity index (χ2n) is 11.9. The third kappa shape index (κ3) is 5.16. The minimum absolute atomic E-state index is 0.0873. The van der Waals surface area contributed by atoms with Gasteiger partial charge in [-0.2, -0.15) is 28.4 Å². The molecule has 2 N–H and O–H groups in total. The summed E-state index contributed by atoms with van der Waals surface area (Å²) >= 11 is 0.706. The maximum Gasteiger partial charge on any atom is 0.417 e. The molecule has 4 aromatic rings. The molecule has 9 rings (SSSR count). The normalized spacial score (nSPS) is 24.0. The summed E-state index contributed by atoms with van der Waals surface area (Å²) in [6.07, 6.45) is -1.56. The largest absolute Gasteiger partial charge is 0.467 e. The van der Waals surface area contributed by atoms with Gasteiger partial charge in [-0.15, -0.1) is 11.3 Å². The van der Waals surface area contributed by atoms with Gasteiger partial charge < -0.3 is 20.1 Å². The van der Waals surface area contributed by atoms with Crippen molar-refractivity contribution in [3.05, 3.63) is 41.0 Å². The number of nitrogen functional groups attached to an aromatic ring is 1. The number of rotatable bonds is 3. The number of nitriles is 1. The van der Waals surface area contributed by atoms with Crippen molar-refractivity contribution in [1.82, 2.24) is 14.9 Å². The lowest BCUT2D eigenvalue weighted by atomic mass is 9.92. The lowest BCUT2D eigenvalue weighted by molar-refractivity contribution is -0.137. The summed E-state index contributed by atoms with van der Waals surface area (Å²) in [4.78, 5) is 12.3. The number of hydrogen-bond acceptors (Lipinski definition) is 9. The molecule has 0 amide bonds. The molecule has 15 heteroatoms. The summed E-state index contributed by atoms with van der Waals surface area (Å²) in [5, 5.41) is 9.17. The first-order valence-electron chi connectivity index (χ1n) is 14.8. The highest BCUT2D eigenvalue weighted by Crippen LogP contribution is 2.48. The van der Waals surface area contributed by atoms with Crippen LogP contribution in [-0.2, 0) is 10.9 Å². The van der Waals surface area contributed by atoms with E-state index in [1.54, 1.807) is 11.0 Å². The maximum absolute atomic E-state index is 16.3. The summed E-state index contributed by atoms with van der Waals surface area (Å²) in [5.74, 6) is -1.99. The first kappa shape index (κ1) is 30.8. The summed E-state index contributed by atoms with van der Waals surface area (Å²) < 4.78 is 97.5. The first-order chi connectivity index (χ1) is 22.0. The Morgan fingerprint density at radius 2 is 1.87 bits per heavy atom. The Labute approximate surface area is 263 Å². The van der Waals surface area contributed by atoms with Gasteiger partial charge in [0.05, 0.1) is 35.1 Å². The SMILES string of the molecule is COc1nc(N2CC3CC(C2)O3)c2cc(C(F)(F)F)c(-c3ccc(F)c4sc(N)c(C#N)c34)c(F)c2n1.FC1CC2CCCN2C1. The van der Waals surface area contributed by atoms with Crippen LogP contribution in [0.2, 0.25) is 0 Å². The summed E-state index contributed by atoms with van der Waals surface area (Å²) in [6.45, 7) is 2.60. The maximum atomic E-state index is 16.3. The molecule has 4 unspecified atom stereocenters. The quantitative estimate of drug-likeness (QED) is 0.250. The van der Waals surface area contributed by atoms with Crippen molar-refractivity contribution in [2.45, 2.75) is 56.3 Å². The van der Waals surface area contributed by atoms with Gasteiger partial charge in [-0.25, -0.2) is 13.2 Å². The van der Waals surface area contributed by atoms with E-state index in [1.807, 2.05) is 0 Å². The van der Waals surface area contributed by atoms with E-state index < -0.39 is 40.6 Å². The van der Waals surface area contributed by atoms with E-state index in [2.05, 4.69) is 14.9 Å². The van der Waals surface area contributed by atoms with Gasteiger partial charge >= 0.3 is 12.2 Å². The number of ether oxygens (including phenoxy) is 2. The first-order valence-corrected chi connectivity index (χ1v) is 15.6. The van der Waals surface area contributed by atoms with Crippen molar-refractivity contribution in [1.29, 1.82) is 5.26 Å². The zero-order valence-corrected chi connectivity index (χ0v) is 25.3. The molecule has 242 valence electrons. The fraction of sp³-hybridized carbons (Fsp3) is 0.452. The highest BCUT2D eigenvalue weighted by atomic mass is 32.1. The molecule has 5 aliphatic heterocycles. The molecule has 8 nitrogen and oxygen atoms in total. The molecule has 2 aromatic carbocycles. The van der Waals surface area contributed by atoms with Crippen molar-refractivity contribution in [3.63, 3.8) is 0 Å². The highest BCUT2D eigenvalue weighted by molar-refractivity contribution is 7.23. The number of morpholine rings is 1. The number of nitrogens with two attached hydrogens (primary N) is 1. The van der Waals surface area contributed by atoms with Crippen LogP contribution in [0.1, 0.15) is 36.8 Å². The number of piperidine rings is 1. The lowest BCUT2D eigenvalue weighted by Gasteiger charge is -2.47. The average Bonchev–Trinajstić information content (AvgIpc) is 3.69. The van der Waals surface area contributed by atoms with Gasteiger partial charge in [-0.1, -0.05) is 6.07 Å². The van der Waals surface area contributed by atoms with E-state index in [0.717, 1.165) is 37.6 Å². The van der Waals surface area contributed by atoms with Crippen LogP contribution in [-0.4, -0.2) is 72.6 Å². The van der Waals surface area contributed by atoms with Gasteiger partial charge in [-0.05, 0) is 43.5 Å². The molecular weight excluding hydrogens is 634 g/mol. The molecule has 4 atom stereocenters. The van der Waals surface area contributed by atoms with Crippen molar-refractivity contribution >= 4 is 43.1 Å². The van der Waals surface area contributed by atoms with Gasteiger partial charge in [0.1, 0.15) is 34.4 Å². The number of aromatic nitrogens is 2. The van der Waals surface area contributed by atoms with Gasteiger partial charge in [0.25, 0.3) is 0 Å². The molecule has 7 heterocycles. The molecule has 0 aliphatic carbocycles. The van der Waals surface area contributed by atoms with Crippen LogP contribution in [0, 0.1) is 23.0 Å². The minimum Gasteiger partial charge on any atom is -0.467 e. The summed E-state index contributed by atoms with van der Waals surface area (Å²) in [6, 6.07) is 4.91. The smallest absolute Gasteiger partial charge is 0.417 e. The van der Waals surface area contributed by atoms with E-state index in [0.29, 0.717) is 37.0 Å². The Bertz CT molecular complexity index is 1870. The predicted molar refractivity (Wildman–Crippen MR) is 161 cm³/mol. The molecule has 5 fully saturated rings. The number of thiophene rings is 1. The average molecular weight is 663 g/mol. The standard InChI is InChI=1S/C24H16F5N5O2S.C7H12FN/c1-35-23-32-19-12(22(33-23)34-7-9-4-10(8-34)36-9)5-14(24(27,28)29)17(18(19)26)11-2-3-15(25)20-16(11)13(6-30)21(31)37-20;8-6-4-7-2-1-3-9(7)5-6/h2-3,5,9-10H,4,7-8,31H2,1H3;6-7H,1-5H2. The van der Waals surface area contributed by atoms with Crippen molar-refractivity contribution < 1.29 is 35.8 Å². The molecule has 2 aromatic heterocycles. The van der Waals surface area contributed by atoms with Gasteiger partial charge in [-0.3, -0.25) is 4.90 Å². The van der Waals surface area contributed by atoms with Crippen LogP contribution in [0.3, 0.4) is 0 Å². The highest BCUT2D eigenvalue weighted by Gasteiger charge is 2.42. The van der Waals surface area contributed by atoms with Gasteiger partial charge in [0.2, 0.25) is 0 Å². The second-order valence-corrected chi connectivity index (χ2v) is 13.0. The van der Waals surface area contributed by atoms with Gasteiger partial charge in [0.15, 0.2) is 5.82 Å². The Hall–Kier alpha value is -3.87. The number of methoxy groups -OCH3 is 1. The number of benzene rings is 2. The monoisotopic (exact) mass is 662 g/mol. The molecule has 0 radical (unpaired) electrons. The van der Waals surface area contributed by atoms with Crippen LogP contribution in [0.15, 0.2) is 18.2 Å². The molecule has 46 heavy (non-hydrogen) atoms. The molecule has 5 aliphatic rings. The number of halogens is 6. The van der Waals surface area contributed by atoms with E-state index in [1.165, 1.54) is 20.0 Å². The predicted octanol–water partition coefficient (Wildman–Crippen LogP) is 6.44. The fourth-order valence-corrected chi connectivity index (χ4v) is 8.02. The molecule has 2 bridgehead atoms. The number of anilines is 2. The number of hydrogen-bond donors (Lipinski definition) is 1. The fourth-order valence-electron chi connectivity index (χ4n) is 7.07. The van der Waals surface area contributed by atoms with E-state index in [4.69, 9.17) is 15.2 Å². The number of nitrogens with zero attached hydrogens (tertiary/aromatic N) is 5. The number of fused-ring (bicyclic) bond motifs is 5. The molecule has 5 saturated heterocycles. The second kappa shape index (κ2) is 11.4. The zero-order chi connectivity index (χ0) is 32.5. The van der Waals surface area contributed by atoms with Crippen LogP contribution in [0.4, 0.5) is 37.2 Å². The zero-order valence-electron chi connectivity index (χ0n) is 24.5. The van der Waals surface area contributed by atoms with Gasteiger partial charge in [0, 0.05) is 48.4 Å². The molecule has 0 saturated carbocycles. The van der Waals surface area contributed by atoms with E-state index in [-0.39, 0.29) is 55.6 Å². The van der Waals surface area contributed by atoms with Crippen LogP contribution in [0.25, 0.3) is 32.1 Å². The molecular formula is C31H28F6N6O2S. The van der Waals surface area contributed by atoms with Crippen LogP contribution >= 0.6 is 11.3 Å². The minimum atomic E-state index is -5.01. The summed E-state index contributed by atoms with van der Waals surface area (Å²) in [5.41, 5.74) is 2.73. The Balaban J connectivity index is 0.000000321. The lowest BCUT2D eigenvalue weighted by Crippen LogP contribution is -2.57. The third-order valence-corrected chi connectivity index (χ3v) is 10.1.